The summed E-state index contributed by atoms with van der Waals surface area (Å²) < 4.78 is 18.5. The summed E-state index contributed by atoms with van der Waals surface area (Å²) in [5.41, 5.74) is 0.725. The largest absolute Gasteiger partial charge is 0.484 e. The highest BCUT2D eigenvalue weighted by atomic mass is 35.5. The zero-order chi connectivity index (χ0) is 20.7. The van der Waals surface area contributed by atoms with E-state index in [4.69, 9.17) is 16.3 Å². The average molecular weight is 407 g/mol. The lowest BCUT2D eigenvalue weighted by atomic mass is 10.1. The zero-order valence-corrected chi connectivity index (χ0v) is 16.9. The summed E-state index contributed by atoms with van der Waals surface area (Å²) in [6, 6.07) is 11.8. The molecule has 28 heavy (non-hydrogen) atoms. The van der Waals surface area contributed by atoms with Gasteiger partial charge in [-0.3, -0.25) is 9.59 Å². The summed E-state index contributed by atoms with van der Waals surface area (Å²) in [6.07, 6.45) is 0. The Hall–Kier alpha value is -2.60. The molecule has 2 aromatic carbocycles. The number of halogens is 2. The van der Waals surface area contributed by atoms with Gasteiger partial charge >= 0.3 is 0 Å². The first-order chi connectivity index (χ1) is 13.3. The summed E-state index contributed by atoms with van der Waals surface area (Å²) in [7, 11) is 0. The lowest BCUT2D eigenvalue weighted by Crippen LogP contribution is -2.50. The molecule has 0 spiro atoms. The fourth-order valence-electron chi connectivity index (χ4n) is 2.56. The molecule has 7 heteroatoms. The fraction of sp³-hybridized carbons (Fsp3) is 0.333. The molecule has 2 amide bonds. The van der Waals surface area contributed by atoms with Crippen LogP contribution in [0.2, 0.25) is 5.02 Å². The molecule has 0 aromatic heterocycles. The number of nitrogens with zero attached hydrogens (tertiary/aromatic N) is 1. The molecule has 1 N–H and O–H groups in total. The Morgan fingerprint density at radius 1 is 1.11 bits per heavy atom. The van der Waals surface area contributed by atoms with Crippen LogP contribution in [0.3, 0.4) is 0 Å². The maximum atomic E-state index is 13.0. The summed E-state index contributed by atoms with van der Waals surface area (Å²) in [4.78, 5) is 26.7. The van der Waals surface area contributed by atoms with Crippen LogP contribution >= 0.6 is 11.6 Å². The van der Waals surface area contributed by atoms with E-state index in [0.29, 0.717) is 10.8 Å². The summed E-state index contributed by atoms with van der Waals surface area (Å²) in [5.74, 6) is -0.669. The van der Waals surface area contributed by atoms with E-state index in [1.54, 1.807) is 25.1 Å². The van der Waals surface area contributed by atoms with Crippen LogP contribution in [0.1, 0.15) is 26.3 Å². The van der Waals surface area contributed by atoms with Crippen LogP contribution in [0.15, 0.2) is 48.5 Å². The third-order valence-corrected chi connectivity index (χ3v) is 4.44. The zero-order valence-electron chi connectivity index (χ0n) is 16.1. The van der Waals surface area contributed by atoms with Gasteiger partial charge in [0.15, 0.2) is 6.61 Å². The maximum absolute atomic E-state index is 13.0. The Morgan fingerprint density at radius 3 is 2.36 bits per heavy atom. The third-order valence-electron chi connectivity index (χ3n) is 4.07. The topological polar surface area (TPSA) is 58.6 Å². The standard InChI is InChI=1S/C21H24ClFN2O3/c1-14(2)24-21(27)15(3)25(12-16-6-4-5-7-19(16)22)20(26)13-28-18-10-8-17(23)9-11-18/h4-11,14-15H,12-13H2,1-3H3,(H,24,27)/t15-/m1/s1. The molecular formula is C21H24ClFN2O3. The van der Waals surface area contributed by atoms with Crippen LogP contribution in [0.4, 0.5) is 4.39 Å². The smallest absolute Gasteiger partial charge is 0.261 e. The summed E-state index contributed by atoms with van der Waals surface area (Å²) >= 11 is 6.22. The normalized spacial score (nSPS) is 11.8. The Balaban J connectivity index is 2.15. The second kappa shape index (κ2) is 10.1. The van der Waals surface area contributed by atoms with Crippen molar-refractivity contribution < 1.29 is 18.7 Å². The highest BCUT2D eigenvalue weighted by Gasteiger charge is 2.27. The van der Waals surface area contributed by atoms with E-state index in [1.165, 1.54) is 29.2 Å². The number of nitrogens with one attached hydrogen (secondary N) is 1. The van der Waals surface area contributed by atoms with Crippen molar-refractivity contribution in [3.8, 4) is 5.75 Å². The van der Waals surface area contributed by atoms with Crippen molar-refractivity contribution in [2.75, 3.05) is 6.61 Å². The molecule has 0 unspecified atom stereocenters. The molecule has 0 bridgehead atoms. The van der Waals surface area contributed by atoms with Crippen LogP contribution in [-0.2, 0) is 16.1 Å². The van der Waals surface area contributed by atoms with Gasteiger partial charge in [-0.25, -0.2) is 4.39 Å². The van der Waals surface area contributed by atoms with Gasteiger partial charge in [0.1, 0.15) is 17.6 Å². The van der Waals surface area contributed by atoms with Gasteiger partial charge in [-0.15, -0.1) is 0 Å². The molecule has 1 atom stereocenters. The van der Waals surface area contributed by atoms with Crippen LogP contribution in [0.25, 0.3) is 0 Å². The predicted molar refractivity (Wildman–Crippen MR) is 107 cm³/mol. The van der Waals surface area contributed by atoms with Crippen molar-refractivity contribution in [2.45, 2.75) is 39.4 Å². The second-order valence-electron chi connectivity index (χ2n) is 6.69. The van der Waals surface area contributed by atoms with Crippen LogP contribution in [0.5, 0.6) is 5.75 Å². The first-order valence-corrected chi connectivity index (χ1v) is 9.37. The lowest BCUT2D eigenvalue weighted by Gasteiger charge is -2.29. The van der Waals surface area contributed by atoms with Crippen molar-refractivity contribution in [3.05, 3.63) is 64.9 Å². The van der Waals surface area contributed by atoms with Gasteiger partial charge in [-0.1, -0.05) is 29.8 Å². The molecular weight excluding hydrogens is 383 g/mol. The summed E-state index contributed by atoms with van der Waals surface area (Å²) in [5, 5.41) is 3.32. The van der Waals surface area contributed by atoms with Crippen LogP contribution in [0, 0.1) is 5.82 Å². The number of benzene rings is 2. The van der Waals surface area contributed by atoms with Crippen molar-refractivity contribution >= 4 is 23.4 Å². The molecule has 150 valence electrons. The van der Waals surface area contributed by atoms with Crippen molar-refractivity contribution in [1.82, 2.24) is 10.2 Å². The fourth-order valence-corrected chi connectivity index (χ4v) is 2.75. The molecule has 0 saturated carbocycles. The van der Waals surface area contributed by atoms with E-state index in [9.17, 15) is 14.0 Å². The van der Waals surface area contributed by atoms with E-state index >= 15 is 0 Å². The van der Waals surface area contributed by atoms with Gasteiger partial charge in [-0.2, -0.15) is 0 Å². The number of hydrogen-bond acceptors (Lipinski definition) is 3. The molecule has 2 rings (SSSR count). The van der Waals surface area contributed by atoms with Crippen LogP contribution in [-0.4, -0.2) is 35.4 Å². The number of carbonyl (C=O) groups is 2. The monoisotopic (exact) mass is 406 g/mol. The van der Waals surface area contributed by atoms with Crippen molar-refractivity contribution in [3.63, 3.8) is 0 Å². The minimum atomic E-state index is -0.719. The van der Waals surface area contributed by atoms with Gasteiger partial charge in [0.25, 0.3) is 5.91 Å². The molecule has 0 saturated heterocycles. The number of rotatable bonds is 8. The Morgan fingerprint density at radius 2 is 1.75 bits per heavy atom. The Bertz CT molecular complexity index is 812. The first-order valence-electron chi connectivity index (χ1n) is 8.99. The highest BCUT2D eigenvalue weighted by molar-refractivity contribution is 6.31. The van der Waals surface area contributed by atoms with E-state index in [1.807, 2.05) is 19.9 Å². The number of carbonyl (C=O) groups excluding carboxylic acids is 2. The SMILES string of the molecule is CC(C)NC(=O)[C@@H](C)N(Cc1ccccc1Cl)C(=O)COc1ccc(F)cc1. The third kappa shape index (κ3) is 6.23. The van der Waals surface area contributed by atoms with Crippen molar-refractivity contribution in [2.24, 2.45) is 0 Å². The molecule has 0 aliphatic carbocycles. The van der Waals surface area contributed by atoms with E-state index in [2.05, 4.69) is 5.32 Å². The van der Waals surface area contributed by atoms with Gasteiger partial charge in [-0.05, 0) is 56.7 Å². The van der Waals surface area contributed by atoms with Gasteiger partial charge in [0.05, 0.1) is 0 Å². The Kier molecular flexibility index (Phi) is 7.81. The van der Waals surface area contributed by atoms with Gasteiger partial charge in [0.2, 0.25) is 5.91 Å². The predicted octanol–water partition coefficient (Wildman–Crippen LogP) is 3.80. The molecule has 0 fully saturated rings. The highest BCUT2D eigenvalue weighted by Crippen LogP contribution is 2.19. The molecule has 2 aromatic rings. The quantitative estimate of drug-likeness (QED) is 0.725. The van der Waals surface area contributed by atoms with Crippen molar-refractivity contribution in [1.29, 1.82) is 0 Å². The molecule has 5 nitrogen and oxygen atoms in total. The minimum absolute atomic E-state index is 0.0531. The van der Waals surface area contributed by atoms with Gasteiger partial charge in [0, 0.05) is 17.6 Å². The number of hydrogen-bond donors (Lipinski definition) is 1. The van der Waals surface area contributed by atoms with E-state index in [0.717, 1.165) is 5.56 Å². The van der Waals surface area contributed by atoms with E-state index < -0.39 is 11.9 Å². The van der Waals surface area contributed by atoms with E-state index in [-0.39, 0.29) is 31.0 Å². The summed E-state index contributed by atoms with van der Waals surface area (Å²) in [6.45, 7) is 5.24. The minimum Gasteiger partial charge on any atom is -0.484 e. The van der Waals surface area contributed by atoms with Crippen LogP contribution < -0.4 is 10.1 Å². The Labute approximate surface area is 169 Å². The molecule has 0 aliphatic heterocycles. The molecule has 0 aliphatic rings. The average Bonchev–Trinajstić information content (AvgIpc) is 2.65. The molecule has 0 radical (unpaired) electrons. The second-order valence-corrected chi connectivity index (χ2v) is 7.10. The first kappa shape index (κ1) is 21.7. The van der Waals surface area contributed by atoms with Gasteiger partial charge < -0.3 is 15.0 Å². The lowest BCUT2D eigenvalue weighted by molar-refractivity contribution is -0.142. The number of ether oxygens (including phenoxy) is 1. The molecule has 0 heterocycles. The maximum Gasteiger partial charge on any atom is 0.261 e. The number of amides is 2.